The third kappa shape index (κ3) is 5.46. The van der Waals surface area contributed by atoms with Gasteiger partial charge < -0.3 is 15.2 Å². The second kappa shape index (κ2) is 9.55. The van der Waals surface area contributed by atoms with Crippen molar-refractivity contribution in [3.63, 3.8) is 0 Å². The lowest BCUT2D eigenvalue weighted by molar-refractivity contribution is 0.0242. The summed E-state index contributed by atoms with van der Waals surface area (Å²) in [6.45, 7) is 8.19. The van der Waals surface area contributed by atoms with E-state index in [9.17, 15) is 9.18 Å². The second-order valence-corrected chi connectivity index (χ2v) is 10.2. The van der Waals surface area contributed by atoms with Gasteiger partial charge in [-0.3, -0.25) is 4.90 Å². The summed E-state index contributed by atoms with van der Waals surface area (Å²) in [6, 6.07) is 10.4. The second-order valence-electron chi connectivity index (χ2n) is 9.44. The van der Waals surface area contributed by atoms with Crippen molar-refractivity contribution in [2.45, 2.75) is 52.5 Å². The molecule has 1 aromatic heterocycles. The van der Waals surface area contributed by atoms with E-state index in [1.807, 2.05) is 39.0 Å². The number of amides is 1. The number of aromatic nitrogens is 1. The van der Waals surface area contributed by atoms with Gasteiger partial charge in [0.2, 0.25) is 0 Å². The van der Waals surface area contributed by atoms with Crippen LogP contribution in [0.15, 0.2) is 42.6 Å². The molecular weight excluding hydrogens is 492 g/mol. The van der Waals surface area contributed by atoms with Crippen molar-refractivity contribution in [1.29, 1.82) is 0 Å². The normalized spacial score (nSPS) is 14.0. The quantitative estimate of drug-likeness (QED) is 0.371. The molecule has 9 heteroatoms. The van der Waals surface area contributed by atoms with E-state index in [2.05, 4.69) is 4.98 Å². The number of rotatable bonds is 4. The van der Waals surface area contributed by atoms with Crippen molar-refractivity contribution in [2.75, 3.05) is 5.73 Å². The standard InChI is InChI=1S/C26H26Cl2FN3O3/c1-14(22-19(27)7-8-20(29)23(22)28)34-21-10-17(11-31-24(21)30)15-5-6-16-12-32(13-18(16)9-15)25(33)35-26(2,3)4/h5-11,14H,12-13H2,1-4H3,(H2,30,31)/t14-/m1/s1. The molecule has 2 N–H and O–H groups in total. The summed E-state index contributed by atoms with van der Waals surface area (Å²) in [5, 5.41) is 0.195. The van der Waals surface area contributed by atoms with E-state index in [4.69, 9.17) is 38.4 Å². The van der Waals surface area contributed by atoms with Crippen LogP contribution in [0.3, 0.4) is 0 Å². The molecule has 3 aromatic rings. The van der Waals surface area contributed by atoms with Crippen LogP contribution in [0, 0.1) is 5.82 Å². The van der Waals surface area contributed by atoms with Crippen molar-refractivity contribution < 1.29 is 18.7 Å². The maximum absolute atomic E-state index is 14.0. The zero-order chi connectivity index (χ0) is 25.5. The molecule has 0 fully saturated rings. The molecule has 0 bridgehead atoms. The molecule has 0 spiro atoms. The van der Waals surface area contributed by atoms with E-state index in [0.29, 0.717) is 29.4 Å². The largest absolute Gasteiger partial charge is 0.482 e. The number of pyridine rings is 1. The zero-order valence-corrected chi connectivity index (χ0v) is 21.4. The first-order valence-corrected chi connectivity index (χ1v) is 11.8. The van der Waals surface area contributed by atoms with Crippen molar-refractivity contribution in [3.05, 3.63) is 75.1 Å². The van der Waals surface area contributed by atoms with Gasteiger partial charge in [-0.05, 0) is 68.7 Å². The van der Waals surface area contributed by atoms with Crippen molar-refractivity contribution in [3.8, 4) is 16.9 Å². The lowest BCUT2D eigenvalue weighted by Gasteiger charge is -2.24. The first kappa shape index (κ1) is 25.1. The van der Waals surface area contributed by atoms with Crippen LogP contribution in [0.4, 0.5) is 15.0 Å². The maximum atomic E-state index is 14.0. The van der Waals surface area contributed by atoms with Gasteiger partial charge >= 0.3 is 6.09 Å². The van der Waals surface area contributed by atoms with E-state index in [1.54, 1.807) is 24.1 Å². The highest BCUT2D eigenvalue weighted by atomic mass is 35.5. The first-order valence-electron chi connectivity index (χ1n) is 11.1. The van der Waals surface area contributed by atoms with Crippen molar-refractivity contribution >= 4 is 35.1 Å². The minimum Gasteiger partial charge on any atom is -0.482 e. The van der Waals surface area contributed by atoms with Gasteiger partial charge in [-0.25, -0.2) is 14.2 Å². The van der Waals surface area contributed by atoms with Crippen LogP contribution in [0.2, 0.25) is 10.0 Å². The van der Waals surface area contributed by atoms with Gasteiger partial charge in [-0.1, -0.05) is 35.3 Å². The third-order valence-corrected chi connectivity index (χ3v) is 6.30. The predicted molar refractivity (Wildman–Crippen MR) is 135 cm³/mol. The lowest BCUT2D eigenvalue weighted by Crippen LogP contribution is -2.33. The summed E-state index contributed by atoms with van der Waals surface area (Å²) in [4.78, 5) is 18.4. The zero-order valence-electron chi connectivity index (χ0n) is 19.9. The Hall–Kier alpha value is -3.03. The molecule has 0 aliphatic carbocycles. The molecule has 1 atom stereocenters. The number of halogens is 3. The fourth-order valence-corrected chi connectivity index (χ4v) is 4.58. The molecule has 2 heterocycles. The van der Waals surface area contributed by atoms with Crippen LogP contribution in [0.25, 0.3) is 11.1 Å². The van der Waals surface area contributed by atoms with Crippen LogP contribution in [0.5, 0.6) is 5.75 Å². The molecule has 184 valence electrons. The number of fused-ring (bicyclic) bond motifs is 1. The summed E-state index contributed by atoms with van der Waals surface area (Å²) in [5.74, 6) is -0.0799. The number of anilines is 1. The SMILES string of the molecule is C[C@@H](Oc1cc(-c2ccc3c(c2)CN(C(=O)OC(C)(C)C)C3)cnc1N)c1c(Cl)ccc(F)c1Cl. The van der Waals surface area contributed by atoms with E-state index in [1.165, 1.54) is 12.1 Å². The first-order chi connectivity index (χ1) is 16.4. The summed E-state index contributed by atoms with van der Waals surface area (Å²) in [5.41, 5.74) is 9.58. The minimum atomic E-state index is -0.674. The Morgan fingerprint density at radius 1 is 1.11 bits per heavy atom. The Morgan fingerprint density at radius 2 is 1.83 bits per heavy atom. The fraction of sp³-hybridized carbons (Fsp3) is 0.308. The van der Waals surface area contributed by atoms with E-state index < -0.39 is 17.5 Å². The van der Waals surface area contributed by atoms with Crippen LogP contribution < -0.4 is 10.5 Å². The van der Waals surface area contributed by atoms with Gasteiger partial charge in [0, 0.05) is 35.4 Å². The maximum Gasteiger partial charge on any atom is 0.410 e. The molecule has 1 amide bonds. The van der Waals surface area contributed by atoms with Gasteiger partial charge in [-0.2, -0.15) is 0 Å². The van der Waals surface area contributed by atoms with Crippen LogP contribution in [-0.4, -0.2) is 21.6 Å². The number of ether oxygens (including phenoxy) is 2. The van der Waals surface area contributed by atoms with E-state index >= 15 is 0 Å². The molecule has 0 saturated carbocycles. The van der Waals surface area contributed by atoms with Crippen molar-refractivity contribution in [2.24, 2.45) is 0 Å². The number of nitrogens with two attached hydrogens (primary N) is 1. The fourth-order valence-electron chi connectivity index (χ4n) is 3.90. The summed E-state index contributed by atoms with van der Waals surface area (Å²) in [6.07, 6.45) is 0.633. The summed E-state index contributed by atoms with van der Waals surface area (Å²) in [7, 11) is 0. The van der Waals surface area contributed by atoms with Gasteiger partial charge in [0.15, 0.2) is 11.6 Å². The predicted octanol–water partition coefficient (Wildman–Crippen LogP) is 7.17. The Morgan fingerprint density at radius 3 is 2.54 bits per heavy atom. The number of nitrogens with zero attached hydrogens (tertiary/aromatic N) is 2. The van der Waals surface area contributed by atoms with Crippen LogP contribution in [0.1, 0.15) is 50.5 Å². The van der Waals surface area contributed by atoms with E-state index in [0.717, 1.165) is 22.3 Å². The molecule has 1 aliphatic rings. The number of carbonyl (C=O) groups excluding carboxylic acids is 1. The van der Waals surface area contributed by atoms with Crippen LogP contribution >= 0.6 is 23.2 Å². The molecule has 4 rings (SSSR count). The molecule has 1 aliphatic heterocycles. The third-order valence-electron chi connectivity index (χ3n) is 5.59. The van der Waals surface area contributed by atoms with Gasteiger partial charge in [0.25, 0.3) is 0 Å². The topological polar surface area (TPSA) is 77.7 Å². The number of carbonyl (C=O) groups is 1. The number of benzene rings is 2. The molecule has 0 radical (unpaired) electrons. The molecule has 0 saturated heterocycles. The number of hydrogen-bond acceptors (Lipinski definition) is 5. The smallest absolute Gasteiger partial charge is 0.410 e. The molecule has 0 unspecified atom stereocenters. The Balaban J connectivity index is 1.56. The monoisotopic (exact) mass is 517 g/mol. The van der Waals surface area contributed by atoms with Gasteiger partial charge in [0.1, 0.15) is 17.5 Å². The minimum absolute atomic E-state index is 0.0964. The Labute approximate surface area is 213 Å². The average Bonchev–Trinajstić information content (AvgIpc) is 3.21. The Kier molecular flexibility index (Phi) is 6.84. The van der Waals surface area contributed by atoms with E-state index in [-0.39, 0.29) is 16.9 Å². The summed E-state index contributed by atoms with van der Waals surface area (Å²) < 4.78 is 25.5. The molecule has 2 aromatic carbocycles. The molecule has 35 heavy (non-hydrogen) atoms. The van der Waals surface area contributed by atoms with Crippen molar-refractivity contribution in [1.82, 2.24) is 9.88 Å². The Bertz CT molecular complexity index is 1290. The molecule has 6 nitrogen and oxygen atoms in total. The highest BCUT2D eigenvalue weighted by Gasteiger charge is 2.28. The number of nitrogen functional groups attached to an aromatic ring is 1. The number of hydrogen-bond donors (Lipinski definition) is 1. The highest BCUT2D eigenvalue weighted by molar-refractivity contribution is 6.36. The highest BCUT2D eigenvalue weighted by Crippen LogP contribution is 2.37. The van der Waals surface area contributed by atoms with Crippen LogP contribution in [-0.2, 0) is 17.8 Å². The van der Waals surface area contributed by atoms with Gasteiger partial charge in [0.05, 0.1) is 5.02 Å². The average molecular weight is 518 g/mol. The lowest BCUT2D eigenvalue weighted by atomic mass is 10.0. The summed E-state index contributed by atoms with van der Waals surface area (Å²) >= 11 is 12.4. The van der Waals surface area contributed by atoms with Gasteiger partial charge in [-0.15, -0.1) is 0 Å². The molecular formula is C26H26Cl2FN3O3.